The molecular formula is C17H20N4O. The molecule has 2 aromatic rings. The zero-order chi connectivity index (χ0) is 15.4. The number of benzene rings is 1. The summed E-state index contributed by atoms with van der Waals surface area (Å²) in [5.74, 6) is 0.792. The lowest BCUT2D eigenvalue weighted by Crippen LogP contribution is -2.48. The van der Waals surface area contributed by atoms with Crippen LogP contribution < -0.4 is 10.2 Å². The molecule has 1 aliphatic rings. The summed E-state index contributed by atoms with van der Waals surface area (Å²) in [6.07, 6.45) is 1.67. The molecule has 3 rings (SSSR count). The Morgan fingerprint density at radius 1 is 1.09 bits per heavy atom. The summed E-state index contributed by atoms with van der Waals surface area (Å²) in [5, 5.41) is 2.96. The first-order valence-corrected chi connectivity index (χ1v) is 7.51. The van der Waals surface area contributed by atoms with Crippen LogP contribution in [0.2, 0.25) is 0 Å². The summed E-state index contributed by atoms with van der Waals surface area (Å²) in [7, 11) is 1.80. The first-order chi connectivity index (χ1) is 10.8. The molecule has 1 amide bonds. The van der Waals surface area contributed by atoms with Crippen molar-refractivity contribution >= 4 is 17.4 Å². The van der Waals surface area contributed by atoms with Gasteiger partial charge in [-0.3, -0.25) is 4.79 Å². The van der Waals surface area contributed by atoms with Crippen molar-refractivity contribution in [2.24, 2.45) is 0 Å². The van der Waals surface area contributed by atoms with Crippen molar-refractivity contribution in [1.82, 2.24) is 9.88 Å². The number of hydrogen-bond donors (Lipinski definition) is 1. The lowest BCUT2D eigenvalue weighted by molar-refractivity contribution is 0.0746. The van der Waals surface area contributed by atoms with E-state index in [2.05, 4.69) is 27.3 Å². The minimum atomic E-state index is 0.0756. The number of carbonyl (C=O) groups is 1. The number of aromatic nitrogens is 1. The maximum Gasteiger partial charge on any atom is 0.254 e. The fraction of sp³-hybridized carbons (Fsp3) is 0.294. The van der Waals surface area contributed by atoms with Crippen molar-refractivity contribution < 1.29 is 4.79 Å². The predicted octanol–water partition coefficient (Wildman–Crippen LogP) is 2.09. The van der Waals surface area contributed by atoms with Crippen molar-refractivity contribution in [2.45, 2.75) is 0 Å². The summed E-state index contributed by atoms with van der Waals surface area (Å²) in [6.45, 7) is 3.20. The fourth-order valence-electron chi connectivity index (χ4n) is 2.69. The molecule has 22 heavy (non-hydrogen) atoms. The molecule has 0 atom stereocenters. The SMILES string of the molecule is CNc1cc(C(=O)N2CCN(c3ccccc3)CC2)ccn1. The number of nitrogens with one attached hydrogen (secondary N) is 1. The molecule has 1 aliphatic heterocycles. The molecule has 0 aliphatic carbocycles. The summed E-state index contributed by atoms with van der Waals surface area (Å²) >= 11 is 0. The van der Waals surface area contributed by atoms with Gasteiger partial charge in [-0.25, -0.2) is 4.98 Å². The van der Waals surface area contributed by atoms with Crippen molar-refractivity contribution in [3.05, 3.63) is 54.2 Å². The average molecular weight is 296 g/mol. The maximum absolute atomic E-state index is 12.6. The Bertz CT molecular complexity index is 636. The van der Waals surface area contributed by atoms with E-state index < -0.39 is 0 Å². The highest BCUT2D eigenvalue weighted by Gasteiger charge is 2.22. The zero-order valence-corrected chi connectivity index (χ0v) is 12.7. The summed E-state index contributed by atoms with van der Waals surface area (Å²) in [5.41, 5.74) is 1.91. The monoisotopic (exact) mass is 296 g/mol. The van der Waals surface area contributed by atoms with E-state index in [-0.39, 0.29) is 5.91 Å². The Morgan fingerprint density at radius 3 is 2.50 bits per heavy atom. The van der Waals surface area contributed by atoms with E-state index in [1.807, 2.05) is 23.1 Å². The second-order valence-corrected chi connectivity index (χ2v) is 5.29. The second kappa shape index (κ2) is 6.47. The van der Waals surface area contributed by atoms with Gasteiger partial charge in [0, 0.05) is 50.7 Å². The Balaban J connectivity index is 1.64. The molecule has 5 nitrogen and oxygen atoms in total. The number of hydrogen-bond acceptors (Lipinski definition) is 4. The molecule has 5 heteroatoms. The molecule has 0 bridgehead atoms. The number of pyridine rings is 1. The highest BCUT2D eigenvalue weighted by atomic mass is 16.2. The standard InChI is InChI=1S/C17H20N4O/c1-18-16-13-14(7-8-19-16)17(22)21-11-9-20(10-12-21)15-5-3-2-4-6-15/h2-8,13H,9-12H2,1H3,(H,18,19). The molecule has 0 saturated carbocycles. The first-order valence-electron chi connectivity index (χ1n) is 7.51. The third-order valence-corrected chi connectivity index (χ3v) is 3.95. The first kappa shape index (κ1) is 14.4. The minimum absolute atomic E-state index is 0.0756. The zero-order valence-electron chi connectivity index (χ0n) is 12.7. The molecule has 1 N–H and O–H groups in total. The van der Waals surface area contributed by atoms with Gasteiger partial charge in [-0.05, 0) is 24.3 Å². The molecular weight excluding hydrogens is 276 g/mol. The lowest BCUT2D eigenvalue weighted by Gasteiger charge is -2.36. The van der Waals surface area contributed by atoms with Crippen LogP contribution in [0.25, 0.3) is 0 Å². The molecule has 0 spiro atoms. The van der Waals surface area contributed by atoms with E-state index >= 15 is 0 Å². The van der Waals surface area contributed by atoms with Crippen LogP contribution in [0.5, 0.6) is 0 Å². The summed E-state index contributed by atoms with van der Waals surface area (Å²) in [6, 6.07) is 13.9. The van der Waals surface area contributed by atoms with E-state index in [0.29, 0.717) is 11.4 Å². The molecule has 1 aromatic heterocycles. The summed E-state index contributed by atoms with van der Waals surface area (Å²) in [4.78, 5) is 20.9. The second-order valence-electron chi connectivity index (χ2n) is 5.29. The van der Waals surface area contributed by atoms with Crippen LogP contribution >= 0.6 is 0 Å². The molecule has 114 valence electrons. The van der Waals surface area contributed by atoms with E-state index in [9.17, 15) is 4.79 Å². The normalized spacial score (nSPS) is 14.8. The topological polar surface area (TPSA) is 48.5 Å². The van der Waals surface area contributed by atoms with Gasteiger partial charge >= 0.3 is 0 Å². The number of carbonyl (C=O) groups excluding carboxylic acids is 1. The van der Waals surface area contributed by atoms with Gasteiger partial charge in [-0.1, -0.05) is 18.2 Å². The number of amides is 1. The van der Waals surface area contributed by atoms with Gasteiger partial charge in [0.15, 0.2) is 0 Å². The summed E-state index contributed by atoms with van der Waals surface area (Å²) < 4.78 is 0. The average Bonchev–Trinajstić information content (AvgIpc) is 2.62. The van der Waals surface area contributed by atoms with Crippen LogP contribution in [0.1, 0.15) is 10.4 Å². The van der Waals surface area contributed by atoms with Gasteiger partial charge in [0.1, 0.15) is 5.82 Å². The van der Waals surface area contributed by atoms with Crippen LogP contribution in [-0.4, -0.2) is 49.0 Å². The third kappa shape index (κ3) is 3.03. The largest absolute Gasteiger partial charge is 0.373 e. The molecule has 2 heterocycles. The van der Waals surface area contributed by atoms with E-state index in [1.165, 1.54) is 5.69 Å². The highest BCUT2D eigenvalue weighted by molar-refractivity contribution is 5.95. The van der Waals surface area contributed by atoms with Crippen LogP contribution in [0.3, 0.4) is 0 Å². The maximum atomic E-state index is 12.6. The van der Waals surface area contributed by atoms with Crippen molar-refractivity contribution in [2.75, 3.05) is 43.4 Å². The molecule has 0 unspecified atom stereocenters. The fourth-order valence-corrected chi connectivity index (χ4v) is 2.69. The van der Waals surface area contributed by atoms with Crippen LogP contribution in [0.15, 0.2) is 48.7 Å². The Labute approximate surface area is 130 Å². The molecule has 0 radical (unpaired) electrons. The highest BCUT2D eigenvalue weighted by Crippen LogP contribution is 2.17. The molecule has 1 saturated heterocycles. The number of anilines is 2. The van der Waals surface area contributed by atoms with Crippen LogP contribution in [-0.2, 0) is 0 Å². The van der Waals surface area contributed by atoms with Gasteiger partial charge in [-0.2, -0.15) is 0 Å². The Hall–Kier alpha value is -2.56. The number of nitrogens with zero attached hydrogens (tertiary/aromatic N) is 3. The van der Waals surface area contributed by atoms with E-state index in [4.69, 9.17) is 0 Å². The van der Waals surface area contributed by atoms with Gasteiger partial charge in [-0.15, -0.1) is 0 Å². The van der Waals surface area contributed by atoms with E-state index in [1.54, 1.807) is 25.4 Å². The Morgan fingerprint density at radius 2 is 1.82 bits per heavy atom. The van der Waals surface area contributed by atoms with Crippen molar-refractivity contribution in [3.63, 3.8) is 0 Å². The lowest BCUT2D eigenvalue weighted by atomic mass is 10.2. The predicted molar refractivity (Wildman–Crippen MR) is 88.3 cm³/mol. The van der Waals surface area contributed by atoms with Crippen molar-refractivity contribution in [1.29, 1.82) is 0 Å². The van der Waals surface area contributed by atoms with Crippen LogP contribution in [0.4, 0.5) is 11.5 Å². The van der Waals surface area contributed by atoms with Gasteiger partial charge in [0.05, 0.1) is 0 Å². The quantitative estimate of drug-likeness (QED) is 0.942. The number of piperazine rings is 1. The minimum Gasteiger partial charge on any atom is -0.373 e. The Kier molecular flexibility index (Phi) is 4.23. The third-order valence-electron chi connectivity index (χ3n) is 3.95. The molecule has 1 aromatic carbocycles. The van der Waals surface area contributed by atoms with Gasteiger partial charge in [0.25, 0.3) is 5.91 Å². The van der Waals surface area contributed by atoms with Crippen molar-refractivity contribution in [3.8, 4) is 0 Å². The number of para-hydroxylation sites is 1. The van der Waals surface area contributed by atoms with E-state index in [0.717, 1.165) is 26.2 Å². The number of rotatable bonds is 3. The van der Waals surface area contributed by atoms with Gasteiger partial charge in [0.2, 0.25) is 0 Å². The smallest absolute Gasteiger partial charge is 0.254 e. The van der Waals surface area contributed by atoms with Gasteiger partial charge < -0.3 is 15.1 Å². The van der Waals surface area contributed by atoms with Crippen LogP contribution in [0, 0.1) is 0 Å². The molecule has 1 fully saturated rings.